The Balaban J connectivity index is 2.04. The van der Waals surface area contributed by atoms with Gasteiger partial charge in [-0.15, -0.1) is 0 Å². The van der Waals surface area contributed by atoms with E-state index in [-0.39, 0.29) is 18.2 Å². The molecule has 0 spiro atoms. The van der Waals surface area contributed by atoms with E-state index in [2.05, 4.69) is 13.8 Å². The van der Waals surface area contributed by atoms with Crippen LogP contribution in [0.25, 0.3) is 0 Å². The first-order chi connectivity index (χ1) is 7.70. The molecule has 0 radical (unpaired) electrons. The first-order valence-corrected chi connectivity index (χ1v) is 5.73. The summed E-state index contributed by atoms with van der Waals surface area (Å²) < 4.78 is 5.75. The van der Waals surface area contributed by atoms with Crippen LogP contribution in [-0.4, -0.2) is 23.5 Å². The van der Waals surface area contributed by atoms with Crippen LogP contribution in [0.3, 0.4) is 0 Å². The quantitative estimate of drug-likeness (QED) is 0.721. The van der Waals surface area contributed by atoms with Gasteiger partial charge in [0.05, 0.1) is 12.6 Å². The number of ether oxygens (including phenoxy) is 1. The predicted molar refractivity (Wildman–Crippen MR) is 59.9 cm³/mol. The Morgan fingerprint density at radius 1 is 1.38 bits per heavy atom. The van der Waals surface area contributed by atoms with Crippen molar-refractivity contribution >= 4 is 5.91 Å². The lowest BCUT2D eigenvalue weighted by Gasteiger charge is -2.24. The van der Waals surface area contributed by atoms with E-state index < -0.39 is 0 Å². The molecule has 2 aliphatic rings. The van der Waals surface area contributed by atoms with Crippen molar-refractivity contribution in [1.29, 1.82) is 0 Å². The van der Waals surface area contributed by atoms with Crippen molar-refractivity contribution < 1.29 is 9.53 Å². The molecule has 0 saturated carbocycles. The lowest BCUT2D eigenvalue weighted by atomic mass is 10.0. The number of benzene rings is 1. The number of carbonyl (C=O) groups excluding carboxylic acids is 1. The fraction of sp³-hybridized carbons (Fsp3) is 0.462. The molecule has 0 aromatic heterocycles. The number of hydrogen-bond donors (Lipinski definition) is 0. The van der Waals surface area contributed by atoms with Gasteiger partial charge in [0.1, 0.15) is 0 Å². The Labute approximate surface area is 95.0 Å². The van der Waals surface area contributed by atoms with Gasteiger partial charge in [-0.05, 0) is 12.0 Å². The summed E-state index contributed by atoms with van der Waals surface area (Å²) in [5.41, 5.74) is 1.83. The van der Waals surface area contributed by atoms with Gasteiger partial charge in [0.2, 0.25) is 0 Å². The Morgan fingerprint density at radius 3 is 2.88 bits per heavy atom. The number of hydrogen-bond acceptors (Lipinski definition) is 2. The van der Waals surface area contributed by atoms with E-state index >= 15 is 0 Å². The van der Waals surface area contributed by atoms with Gasteiger partial charge >= 0.3 is 0 Å². The van der Waals surface area contributed by atoms with E-state index in [0.29, 0.717) is 12.5 Å². The summed E-state index contributed by atoms with van der Waals surface area (Å²) in [5, 5.41) is 0. The highest BCUT2D eigenvalue weighted by molar-refractivity contribution is 5.99. The van der Waals surface area contributed by atoms with Gasteiger partial charge in [0.25, 0.3) is 5.91 Å². The van der Waals surface area contributed by atoms with Gasteiger partial charge in [-0.1, -0.05) is 32.0 Å². The van der Waals surface area contributed by atoms with Crippen LogP contribution in [0.1, 0.15) is 36.0 Å². The lowest BCUT2D eigenvalue weighted by Crippen LogP contribution is -2.37. The standard InChI is InChI=1S/C13H15NO2/c1-8(2)11-7-16-13-10-6-4-3-5-9(10)12(15)14(11)13/h3-6,8,11,13H,7H2,1-2H3/t11-,13-/m1/s1. The van der Waals surface area contributed by atoms with Crippen LogP contribution in [-0.2, 0) is 4.74 Å². The van der Waals surface area contributed by atoms with Crippen molar-refractivity contribution in [3.8, 4) is 0 Å². The molecule has 0 N–H and O–H groups in total. The summed E-state index contributed by atoms with van der Waals surface area (Å²) in [5.74, 6) is 0.556. The fourth-order valence-electron chi connectivity index (χ4n) is 2.58. The normalized spacial score (nSPS) is 27.4. The number of fused-ring (bicyclic) bond motifs is 3. The number of carbonyl (C=O) groups is 1. The van der Waals surface area contributed by atoms with Gasteiger partial charge in [-0.3, -0.25) is 4.79 Å². The van der Waals surface area contributed by atoms with E-state index in [0.717, 1.165) is 11.1 Å². The maximum absolute atomic E-state index is 12.2. The van der Waals surface area contributed by atoms with Crippen LogP contribution in [0.4, 0.5) is 0 Å². The highest BCUT2D eigenvalue weighted by atomic mass is 16.5. The lowest BCUT2D eigenvalue weighted by molar-refractivity contribution is 0.0339. The number of rotatable bonds is 1. The van der Waals surface area contributed by atoms with Gasteiger partial charge in [-0.25, -0.2) is 0 Å². The van der Waals surface area contributed by atoms with Gasteiger partial charge in [0.15, 0.2) is 6.23 Å². The predicted octanol–water partition coefficient (Wildman–Crippen LogP) is 2.20. The van der Waals surface area contributed by atoms with Crippen LogP contribution in [0.2, 0.25) is 0 Å². The SMILES string of the molecule is CC(C)[C@H]1CO[C@@H]2c3ccccc3C(=O)N21. The molecule has 3 heteroatoms. The van der Waals surface area contributed by atoms with E-state index in [4.69, 9.17) is 4.74 Å². The molecular formula is C13H15NO2. The average molecular weight is 217 g/mol. The van der Waals surface area contributed by atoms with Gasteiger partial charge < -0.3 is 9.64 Å². The van der Waals surface area contributed by atoms with Gasteiger partial charge in [-0.2, -0.15) is 0 Å². The minimum absolute atomic E-state index is 0.122. The molecular weight excluding hydrogens is 202 g/mol. The molecule has 1 aromatic carbocycles. The van der Waals surface area contributed by atoms with Crippen LogP contribution in [0, 0.1) is 5.92 Å². The Kier molecular flexibility index (Phi) is 2.04. The molecule has 1 saturated heterocycles. The molecule has 1 amide bonds. The zero-order valence-corrected chi connectivity index (χ0v) is 9.51. The van der Waals surface area contributed by atoms with Crippen molar-refractivity contribution in [1.82, 2.24) is 4.90 Å². The number of amides is 1. The van der Waals surface area contributed by atoms with Crippen molar-refractivity contribution in [2.45, 2.75) is 26.1 Å². The van der Waals surface area contributed by atoms with Crippen molar-refractivity contribution in [3.05, 3.63) is 35.4 Å². The maximum atomic E-state index is 12.2. The summed E-state index contributed by atoms with van der Waals surface area (Å²) in [4.78, 5) is 14.1. The second-order valence-electron chi connectivity index (χ2n) is 4.80. The smallest absolute Gasteiger partial charge is 0.256 e. The van der Waals surface area contributed by atoms with Crippen LogP contribution >= 0.6 is 0 Å². The molecule has 1 aromatic rings. The maximum Gasteiger partial charge on any atom is 0.256 e. The Morgan fingerprint density at radius 2 is 2.12 bits per heavy atom. The molecule has 3 nitrogen and oxygen atoms in total. The second kappa shape index (κ2) is 3.32. The van der Waals surface area contributed by atoms with Crippen LogP contribution < -0.4 is 0 Å². The third-order valence-electron chi connectivity index (χ3n) is 3.50. The molecule has 2 aliphatic heterocycles. The third-order valence-corrected chi connectivity index (χ3v) is 3.50. The molecule has 1 fully saturated rings. The topological polar surface area (TPSA) is 29.5 Å². The van der Waals surface area contributed by atoms with E-state index in [1.54, 1.807) is 0 Å². The summed E-state index contributed by atoms with van der Waals surface area (Å²) in [6, 6.07) is 7.95. The third kappa shape index (κ3) is 1.15. The molecule has 0 aliphatic carbocycles. The minimum Gasteiger partial charge on any atom is -0.352 e. The van der Waals surface area contributed by atoms with Crippen LogP contribution in [0.5, 0.6) is 0 Å². The second-order valence-corrected chi connectivity index (χ2v) is 4.80. The van der Waals surface area contributed by atoms with Crippen molar-refractivity contribution in [3.63, 3.8) is 0 Å². The molecule has 3 rings (SSSR count). The number of nitrogens with zero attached hydrogens (tertiary/aromatic N) is 1. The first kappa shape index (κ1) is 9.85. The summed E-state index contributed by atoms with van der Waals surface area (Å²) >= 11 is 0. The Bertz CT molecular complexity index is 441. The minimum atomic E-state index is -0.143. The average Bonchev–Trinajstić information content (AvgIpc) is 2.81. The van der Waals surface area contributed by atoms with Crippen molar-refractivity contribution in [2.75, 3.05) is 6.61 Å². The largest absolute Gasteiger partial charge is 0.352 e. The zero-order valence-electron chi connectivity index (χ0n) is 9.51. The monoisotopic (exact) mass is 217 g/mol. The van der Waals surface area contributed by atoms with E-state index in [9.17, 15) is 4.79 Å². The molecule has 2 atom stereocenters. The molecule has 84 valence electrons. The van der Waals surface area contributed by atoms with Crippen molar-refractivity contribution in [2.24, 2.45) is 5.92 Å². The van der Waals surface area contributed by atoms with Crippen LogP contribution in [0.15, 0.2) is 24.3 Å². The molecule has 0 bridgehead atoms. The summed E-state index contributed by atoms with van der Waals surface area (Å²) in [6.45, 7) is 4.92. The Hall–Kier alpha value is -1.35. The molecule has 0 unspecified atom stereocenters. The first-order valence-electron chi connectivity index (χ1n) is 5.73. The van der Waals surface area contributed by atoms with E-state index in [1.165, 1.54) is 0 Å². The fourth-order valence-corrected chi connectivity index (χ4v) is 2.58. The molecule has 2 heterocycles. The van der Waals surface area contributed by atoms with Gasteiger partial charge in [0, 0.05) is 11.1 Å². The highest BCUT2D eigenvalue weighted by Crippen LogP contribution is 2.41. The van der Waals surface area contributed by atoms with E-state index in [1.807, 2.05) is 29.2 Å². The summed E-state index contributed by atoms with van der Waals surface area (Å²) in [7, 11) is 0. The highest BCUT2D eigenvalue weighted by Gasteiger charge is 2.46. The summed E-state index contributed by atoms with van der Waals surface area (Å²) in [6.07, 6.45) is -0.143. The zero-order chi connectivity index (χ0) is 11.3. The molecule has 16 heavy (non-hydrogen) atoms.